The van der Waals surface area contributed by atoms with Crippen molar-refractivity contribution in [3.8, 4) is 0 Å². The number of piperazine rings is 1. The Balaban J connectivity index is 1.55. The molecule has 2 N–H and O–H groups in total. The Kier molecular flexibility index (Phi) is 6.67. The van der Waals surface area contributed by atoms with Crippen molar-refractivity contribution >= 4 is 29.3 Å². The van der Waals surface area contributed by atoms with E-state index in [9.17, 15) is 9.59 Å². The molecule has 0 bridgehead atoms. The summed E-state index contributed by atoms with van der Waals surface area (Å²) in [5.41, 5.74) is 3.99. The van der Waals surface area contributed by atoms with Crippen molar-refractivity contribution in [2.45, 2.75) is 13.0 Å². The molecule has 168 valence electrons. The van der Waals surface area contributed by atoms with E-state index in [-0.39, 0.29) is 6.03 Å². The van der Waals surface area contributed by atoms with Gasteiger partial charge in [-0.25, -0.2) is 9.59 Å². The lowest BCUT2D eigenvalue weighted by Crippen LogP contribution is -2.51. The van der Waals surface area contributed by atoms with E-state index in [1.54, 1.807) is 0 Å². The molecule has 0 aliphatic carbocycles. The first-order valence-corrected chi connectivity index (χ1v) is 11.0. The molecule has 7 nitrogen and oxygen atoms in total. The van der Waals surface area contributed by atoms with Gasteiger partial charge in [-0.1, -0.05) is 53.6 Å². The molecule has 2 heterocycles. The van der Waals surface area contributed by atoms with Gasteiger partial charge in [-0.15, -0.1) is 0 Å². The number of ether oxygens (including phenoxy) is 1. The van der Waals surface area contributed by atoms with Gasteiger partial charge in [-0.3, -0.25) is 4.90 Å². The number of nitrogens with one attached hydrogen (secondary N) is 2. The van der Waals surface area contributed by atoms with Crippen LogP contribution >= 0.6 is 11.6 Å². The minimum Gasteiger partial charge on any atom is -0.466 e. The molecule has 2 aromatic rings. The van der Waals surface area contributed by atoms with E-state index in [0.29, 0.717) is 17.8 Å². The third-order valence-electron chi connectivity index (χ3n) is 5.92. The van der Waals surface area contributed by atoms with Gasteiger partial charge in [0, 0.05) is 38.4 Å². The highest BCUT2D eigenvalue weighted by molar-refractivity contribution is 6.33. The first-order chi connectivity index (χ1) is 15.5. The van der Waals surface area contributed by atoms with Crippen molar-refractivity contribution in [3.05, 3.63) is 76.0 Å². The maximum atomic E-state index is 12.7. The van der Waals surface area contributed by atoms with Gasteiger partial charge in [0.15, 0.2) is 0 Å². The molecule has 1 fully saturated rings. The number of para-hydroxylation sites is 1. The lowest BCUT2D eigenvalue weighted by Gasteiger charge is -2.38. The molecule has 2 amide bonds. The Morgan fingerprint density at radius 1 is 1.09 bits per heavy atom. The number of esters is 1. The molecule has 4 rings (SSSR count). The number of methoxy groups -OCH3 is 1. The summed E-state index contributed by atoms with van der Waals surface area (Å²) in [6.45, 7) is 5.62. The van der Waals surface area contributed by atoms with Gasteiger partial charge in [0.1, 0.15) is 0 Å². The van der Waals surface area contributed by atoms with Crippen LogP contribution in [0.15, 0.2) is 59.8 Å². The quantitative estimate of drug-likeness (QED) is 0.678. The minimum absolute atomic E-state index is 0.326. The molecule has 32 heavy (non-hydrogen) atoms. The summed E-state index contributed by atoms with van der Waals surface area (Å²) in [6, 6.07) is 14.7. The van der Waals surface area contributed by atoms with Crippen molar-refractivity contribution in [3.63, 3.8) is 0 Å². The number of carbonyl (C=O) groups is 2. The largest absolute Gasteiger partial charge is 0.466 e. The van der Waals surface area contributed by atoms with Crippen molar-refractivity contribution in [2.24, 2.45) is 0 Å². The number of amides is 2. The summed E-state index contributed by atoms with van der Waals surface area (Å²) >= 11 is 6.35. The van der Waals surface area contributed by atoms with Crippen molar-refractivity contribution in [1.29, 1.82) is 0 Å². The topological polar surface area (TPSA) is 73.9 Å². The first kappa shape index (κ1) is 22.2. The zero-order valence-corrected chi connectivity index (χ0v) is 19.0. The van der Waals surface area contributed by atoms with Crippen LogP contribution in [0.5, 0.6) is 0 Å². The number of nitrogens with zero attached hydrogens (tertiary/aromatic N) is 2. The average Bonchev–Trinajstić information content (AvgIpc) is 2.80. The Hall–Kier alpha value is -3.03. The van der Waals surface area contributed by atoms with Gasteiger partial charge in [0.2, 0.25) is 0 Å². The number of carbonyl (C=O) groups excluding carboxylic acids is 2. The van der Waals surface area contributed by atoms with E-state index in [2.05, 4.69) is 20.4 Å². The van der Waals surface area contributed by atoms with E-state index in [1.807, 2.05) is 55.5 Å². The van der Waals surface area contributed by atoms with Crippen LogP contribution in [-0.2, 0) is 9.53 Å². The van der Waals surface area contributed by atoms with Crippen LogP contribution < -0.4 is 15.5 Å². The number of anilines is 1. The van der Waals surface area contributed by atoms with Crippen LogP contribution in [0.4, 0.5) is 10.5 Å². The fourth-order valence-electron chi connectivity index (χ4n) is 4.18. The van der Waals surface area contributed by atoms with Gasteiger partial charge in [0.25, 0.3) is 0 Å². The van der Waals surface area contributed by atoms with Crippen LogP contribution in [0, 0.1) is 6.92 Å². The predicted octanol–water partition coefficient (Wildman–Crippen LogP) is 3.25. The normalized spacial score (nSPS) is 19.4. The predicted molar refractivity (Wildman–Crippen MR) is 125 cm³/mol. The SMILES string of the molecule is COC(=O)C1=C(CN2CCN(c3ccccc3Cl)CC2)NC(=O)N[C@H]1c1ccc(C)cc1. The lowest BCUT2D eigenvalue weighted by molar-refractivity contribution is -0.136. The number of rotatable bonds is 5. The zero-order valence-electron chi connectivity index (χ0n) is 18.2. The van der Waals surface area contributed by atoms with E-state index in [4.69, 9.17) is 16.3 Å². The Morgan fingerprint density at radius 2 is 1.78 bits per heavy atom. The molecule has 1 saturated heterocycles. The number of halogens is 1. The summed E-state index contributed by atoms with van der Waals surface area (Å²) in [5, 5.41) is 6.45. The molecule has 2 aromatic carbocycles. The van der Waals surface area contributed by atoms with Gasteiger partial charge in [-0.2, -0.15) is 0 Å². The maximum absolute atomic E-state index is 12.7. The number of hydrogen-bond acceptors (Lipinski definition) is 5. The zero-order chi connectivity index (χ0) is 22.7. The first-order valence-electron chi connectivity index (χ1n) is 10.6. The van der Waals surface area contributed by atoms with Crippen LogP contribution in [0.1, 0.15) is 17.2 Å². The molecule has 0 radical (unpaired) electrons. The van der Waals surface area contributed by atoms with Crippen molar-refractivity contribution in [1.82, 2.24) is 15.5 Å². The summed E-state index contributed by atoms with van der Waals surface area (Å²) in [4.78, 5) is 29.7. The molecule has 2 aliphatic heterocycles. The maximum Gasteiger partial charge on any atom is 0.338 e. The summed E-state index contributed by atoms with van der Waals surface area (Å²) in [7, 11) is 1.36. The van der Waals surface area contributed by atoms with E-state index in [1.165, 1.54) is 7.11 Å². The third-order valence-corrected chi connectivity index (χ3v) is 6.24. The van der Waals surface area contributed by atoms with Gasteiger partial charge in [-0.05, 0) is 24.6 Å². The van der Waals surface area contributed by atoms with Crippen molar-refractivity contribution in [2.75, 3.05) is 44.7 Å². The molecule has 0 saturated carbocycles. The number of aryl methyl sites for hydroxylation is 1. The molecule has 0 spiro atoms. The second-order valence-electron chi connectivity index (χ2n) is 8.04. The van der Waals surface area contributed by atoms with Gasteiger partial charge in [0.05, 0.1) is 29.4 Å². The lowest BCUT2D eigenvalue weighted by atomic mass is 9.94. The summed E-state index contributed by atoms with van der Waals surface area (Å²) < 4.78 is 5.08. The highest BCUT2D eigenvalue weighted by Crippen LogP contribution is 2.29. The number of benzene rings is 2. The Labute approximate surface area is 193 Å². The van der Waals surface area contributed by atoms with Crippen LogP contribution in [0.2, 0.25) is 5.02 Å². The number of urea groups is 1. The molecular formula is C24H27ClN4O3. The number of hydrogen-bond donors (Lipinski definition) is 2. The van der Waals surface area contributed by atoms with Crippen LogP contribution in [0.25, 0.3) is 0 Å². The Morgan fingerprint density at radius 3 is 2.44 bits per heavy atom. The summed E-state index contributed by atoms with van der Waals surface area (Å²) in [5.74, 6) is -0.451. The molecule has 0 aromatic heterocycles. The highest BCUT2D eigenvalue weighted by atomic mass is 35.5. The smallest absolute Gasteiger partial charge is 0.338 e. The minimum atomic E-state index is -0.559. The fourth-order valence-corrected chi connectivity index (χ4v) is 4.44. The fraction of sp³-hybridized carbons (Fsp3) is 0.333. The average molecular weight is 455 g/mol. The van der Waals surface area contributed by atoms with Gasteiger partial charge >= 0.3 is 12.0 Å². The molecular weight excluding hydrogens is 428 g/mol. The van der Waals surface area contributed by atoms with Crippen molar-refractivity contribution < 1.29 is 14.3 Å². The highest BCUT2D eigenvalue weighted by Gasteiger charge is 2.34. The standard InChI is InChI=1S/C24H27ClN4O3/c1-16-7-9-17(10-8-16)22-21(23(30)32-2)19(26-24(31)27-22)15-28-11-13-29(14-12-28)20-6-4-3-5-18(20)25/h3-10,22H,11-15H2,1-2H3,(H2,26,27,31)/t22-/m0/s1. The molecule has 0 unspecified atom stereocenters. The van der Waals surface area contributed by atoms with Crippen LogP contribution in [0.3, 0.4) is 0 Å². The van der Waals surface area contributed by atoms with Crippen LogP contribution in [-0.4, -0.2) is 56.7 Å². The monoisotopic (exact) mass is 454 g/mol. The van der Waals surface area contributed by atoms with E-state index < -0.39 is 12.0 Å². The third kappa shape index (κ3) is 4.74. The van der Waals surface area contributed by atoms with E-state index in [0.717, 1.165) is 48.0 Å². The molecule has 8 heteroatoms. The summed E-state index contributed by atoms with van der Waals surface area (Å²) in [6.07, 6.45) is 0. The second-order valence-corrected chi connectivity index (χ2v) is 8.45. The molecule has 1 atom stereocenters. The Bertz CT molecular complexity index is 1030. The van der Waals surface area contributed by atoms with Gasteiger partial charge < -0.3 is 20.3 Å². The second kappa shape index (κ2) is 9.63. The molecule has 2 aliphatic rings. The van der Waals surface area contributed by atoms with E-state index >= 15 is 0 Å².